The quantitative estimate of drug-likeness (QED) is 0.615. The molecule has 1 aromatic carbocycles. The van der Waals surface area contributed by atoms with Gasteiger partial charge in [0.15, 0.2) is 0 Å². The second-order valence-corrected chi connectivity index (χ2v) is 6.89. The predicted molar refractivity (Wildman–Crippen MR) is 80.5 cm³/mol. The van der Waals surface area contributed by atoms with Gasteiger partial charge in [-0.3, -0.25) is 9.36 Å². The second-order valence-electron chi connectivity index (χ2n) is 4.84. The van der Waals surface area contributed by atoms with E-state index >= 15 is 0 Å². The van der Waals surface area contributed by atoms with Gasteiger partial charge < -0.3 is 9.05 Å². The fourth-order valence-corrected chi connectivity index (χ4v) is 3.60. The highest BCUT2D eigenvalue weighted by Gasteiger charge is 2.30. The maximum Gasteiger partial charge on any atom is 0.416 e. The standard InChI is InChI=1S/C15H20F3O4P/c1-3-21-23(20,22-4-2)11-14(19)10-7-12-5-8-13(9-6-12)15(16,17)18/h5-6,8-9H,3-4,7,10-11H2,1-2H3. The number of carbonyl (C=O) groups is 1. The number of benzene rings is 1. The molecule has 0 heterocycles. The molecule has 0 aromatic heterocycles. The zero-order valence-electron chi connectivity index (χ0n) is 13.1. The van der Waals surface area contributed by atoms with Crippen molar-refractivity contribution in [2.45, 2.75) is 32.9 Å². The molecule has 0 saturated carbocycles. The summed E-state index contributed by atoms with van der Waals surface area (Å²) in [7, 11) is -3.42. The van der Waals surface area contributed by atoms with Gasteiger partial charge in [-0.15, -0.1) is 0 Å². The van der Waals surface area contributed by atoms with Gasteiger partial charge in [0.2, 0.25) is 0 Å². The number of carbonyl (C=O) groups excluding carboxylic acids is 1. The Kier molecular flexibility index (Phi) is 7.45. The second kappa shape index (κ2) is 8.62. The van der Waals surface area contributed by atoms with Crippen molar-refractivity contribution in [2.24, 2.45) is 0 Å². The number of hydrogen-bond acceptors (Lipinski definition) is 4. The molecule has 1 rings (SSSR count). The van der Waals surface area contributed by atoms with Crippen molar-refractivity contribution in [1.82, 2.24) is 0 Å². The van der Waals surface area contributed by atoms with E-state index in [0.29, 0.717) is 5.56 Å². The summed E-state index contributed by atoms with van der Waals surface area (Å²) in [6, 6.07) is 4.62. The summed E-state index contributed by atoms with van der Waals surface area (Å²) in [5, 5.41) is 0. The van der Waals surface area contributed by atoms with E-state index in [0.717, 1.165) is 12.1 Å². The predicted octanol–water partition coefficient (Wildman–Crippen LogP) is 4.47. The average molecular weight is 352 g/mol. The van der Waals surface area contributed by atoms with Gasteiger partial charge >= 0.3 is 13.8 Å². The molecule has 0 aliphatic carbocycles. The topological polar surface area (TPSA) is 52.6 Å². The van der Waals surface area contributed by atoms with Gasteiger partial charge in [-0.1, -0.05) is 12.1 Å². The lowest BCUT2D eigenvalue weighted by molar-refractivity contribution is -0.137. The van der Waals surface area contributed by atoms with Crippen LogP contribution in [0.3, 0.4) is 0 Å². The minimum absolute atomic E-state index is 0.0650. The van der Waals surface area contributed by atoms with Crippen LogP contribution < -0.4 is 0 Å². The molecule has 0 atom stereocenters. The van der Waals surface area contributed by atoms with E-state index in [1.165, 1.54) is 12.1 Å². The first-order valence-electron chi connectivity index (χ1n) is 7.26. The van der Waals surface area contributed by atoms with E-state index in [1.54, 1.807) is 13.8 Å². The van der Waals surface area contributed by atoms with E-state index in [1.807, 2.05) is 0 Å². The number of rotatable bonds is 9. The highest BCUT2D eigenvalue weighted by Crippen LogP contribution is 2.48. The number of halogens is 3. The van der Waals surface area contributed by atoms with E-state index in [4.69, 9.17) is 9.05 Å². The normalized spacial score (nSPS) is 12.4. The number of Topliss-reactive ketones (excluding diaryl/α,β-unsaturated/α-hetero) is 1. The summed E-state index contributed by atoms with van der Waals surface area (Å²) in [4.78, 5) is 11.9. The Balaban J connectivity index is 2.57. The van der Waals surface area contributed by atoms with Gasteiger partial charge in [-0.2, -0.15) is 13.2 Å². The Morgan fingerprint density at radius 3 is 2.04 bits per heavy atom. The van der Waals surface area contributed by atoms with Gasteiger partial charge in [-0.05, 0) is 38.0 Å². The van der Waals surface area contributed by atoms with Crippen molar-refractivity contribution >= 4 is 13.4 Å². The molecule has 4 nitrogen and oxygen atoms in total. The van der Waals surface area contributed by atoms with Crippen LogP contribution in [0.25, 0.3) is 0 Å². The van der Waals surface area contributed by atoms with Crippen LogP contribution in [0.5, 0.6) is 0 Å². The molecule has 0 N–H and O–H groups in total. The van der Waals surface area contributed by atoms with Crippen LogP contribution in [0.2, 0.25) is 0 Å². The number of hydrogen-bond donors (Lipinski definition) is 0. The van der Waals surface area contributed by atoms with Crippen molar-refractivity contribution < 1.29 is 31.6 Å². The Morgan fingerprint density at radius 2 is 1.61 bits per heavy atom. The number of aryl methyl sites for hydroxylation is 1. The lowest BCUT2D eigenvalue weighted by Crippen LogP contribution is -2.11. The van der Waals surface area contributed by atoms with Crippen LogP contribution in [0.4, 0.5) is 13.2 Å². The summed E-state index contributed by atoms with van der Waals surface area (Å²) in [6.07, 6.45) is -4.37. The van der Waals surface area contributed by atoms with Crippen LogP contribution in [-0.2, 0) is 31.0 Å². The summed E-state index contributed by atoms with van der Waals surface area (Å²) >= 11 is 0. The largest absolute Gasteiger partial charge is 0.416 e. The van der Waals surface area contributed by atoms with Gasteiger partial charge in [0.05, 0.1) is 18.8 Å². The van der Waals surface area contributed by atoms with Gasteiger partial charge in [0.25, 0.3) is 0 Å². The lowest BCUT2D eigenvalue weighted by Gasteiger charge is -2.16. The maximum absolute atomic E-state index is 12.5. The molecule has 0 radical (unpaired) electrons. The molecule has 0 spiro atoms. The molecular weight excluding hydrogens is 332 g/mol. The molecule has 0 bridgehead atoms. The van der Waals surface area contributed by atoms with Crippen molar-refractivity contribution in [3.05, 3.63) is 35.4 Å². The minimum Gasteiger partial charge on any atom is -0.309 e. The summed E-state index contributed by atoms with van der Waals surface area (Å²) < 4.78 is 59.6. The van der Waals surface area contributed by atoms with E-state index in [-0.39, 0.29) is 38.0 Å². The van der Waals surface area contributed by atoms with Crippen molar-refractivity contribution in [1.29, 1.82) is 0 Å². The van der Waals surface area contributed by atoms with Crippen molar-refractivity contribution in [2.75, 3.05) is 19.4 Å². The third-order valence-corrected chi connectivity index (χ3v) is 5.04. The zero-order chi connectivity index (χ0) is 17.5. The van der Waals surface area contributed by atoms with E-state index in [9.17, 15) is 22.5 Å². The minimum atomic E-state index is -4.38. The molecule has 0 amide bonds. The summed E-state index contributed by atoms with van der Waals surface area (Å²) in [6.45, 7) is 3.64. The monoisotopic (exact) mass is 352 g/mol. The van der Waals surface area contributed by atoms with Crippen molar-refractivity contribution in [3.63, 3.8) is 0 Å². The smallest absolute Gasteiger partial charge is 0.309 e. The summed E-state index contributed by atoms with van der Waals surface area (Å²) in [5.74, 6) is -0.310. The number of alkyl halides is 3. The fraction of sp³-hybridized carbons (Fsp3) is 0.533. The van der Waals surface area contributed by atoms with Gasteiger partial charge in [-0.25, -0.2) is 0 Å². The van der Waals surface area contributed by atoms with Gasteiger partial charge in [0.1, 0.15) is 11.9 Å². The lowest BCUT2D eigenvalue weighted by atomic mass is 10.1. The first-order valence-corrected chi connectivity index (χ1v) is 8.99. The highest BCUT2D eigenvalue weighted by atomic mass is 31.2. The van der Waals surface area contributed by atoms with Crippen LogP contribution in [0.1, 0.15) is 31.4 Å². The molecule has 23 heavy (non-hydrogen) atoms. The Hall–Kier alpha value is -1.17. The van der Waals surface area contributed by atoms with Crippen LogP contribution >= 0.6 is 7.60 Å². The zero-order valence-corrected chi connectivity index (χ0v) is 14.0. The van der Waals surface area contributed by atoms with E-state index < -0.39 is 19.3 Å². The van der Waals surface area contributed by atoms with Crippen LogP contribution in [0, 0.1) is 0 Å². The SMILES string of the molecule is CCOP(=O)(CC(=O)CCc1ccc(C(F)(F)F)cc1)OCC. The molecule has 130 valence electrons. The third-order valence-electron chi connectivity index (χ3n) is 3.00. The van der Waals surface area contributed by atoms with E-state index in [2.05, 4.69) is 0 Å². The Morgan fingerprint density at radius 1 is 1.09 bits per heavy atom. The molecule has 1 aromatic rings. The average Bonchev–Trinajstić information content (AvgIpc) is 2.45. The molecule has 8 heteroatoms. The summed E-state index contributed by atoms with van der Waals surface area (Å²) in [5.41, 5.74) is -0.126. The number of ketones is 1. The molecule has 0 aliphatic rings. The first kappa shape index (κ1) is 19.9. The fourth-order valence-electron chi connectivity index (χ4n) is 1.96. The third kappa shape index (κ3) is 6.85. The molecule has 0 saturated heterocycles. The van der Waals surface area contributed by atoms with Crippen LogP contribution in [0.15, 0.2) is 24.3 Å². The Bertz CT molecular complexity index is 545. The first-order chi connectivity index (χ1) is 10.7. The molecule has 0 aliphatic heterocycles. The molecule has 0 fully saturated rings. The molecular formula is C15H20F3O4P. The Labute approximate surface area is 133 Å². The van der Waals surface area contributed by atoms with Crippen LogP contribution in [-0.4, -0.2) is 25.2 Å². The molecule has 0 unspecified atom stereocenters. The maximum atomic E-state index is 12.5. The highest BCUT2D eigenvalue weighted by molar-refractivity contribution is 7.54. The van der Waals surface area contributed by atoms with Gasteiger partial charge in [0, 0.05) is 6.42 Å². The van der Waals surface area contributed by atoms with Crippen molar-refractivity contribution in [3.8, 4) is 0 Å².